The summed E-state index contributed by atoms with van der Waals surface area (Å²) in [5.41, 5.74) is 2.37. The van der Waals surface area contributed by atoms with E-state index in [1.165, 1.54) is 28.0 Å². The molecule has 3 heterocycles. The number of halogens is 1. The number of nitro groups is 1. The molecule has 0 spiro atoms. The van der Waals surface area contributed by atoms with Crippen LogP contribution in [0.25, 0.3) is 17.4 Å². The van der Waals surface area contributed by atoms with Crippen LogP contribution in [0.3, 0.4) is 0 Å². The van der Waals surface area contributed by atoms with E-state index in [1.54, 1.807) is 62.6 Å². The summed E-state index contributed by atoms with van der Waals surface area (Å²) in [7, 11) is 1.56. The molecule has 0 bridgehead atoms. The number of nitrogens with one attached hydrogen (secondary N) is 1. The molecule has 6 rings (SSSR count). The van der Waals surface area contributed by atoms with E-state index in [2.05, 4.69) is 26.2 Å². The Hall–Kier alpha value is -5.07. The molecule has 44 heavy (non-hydrogen) atoms. The number of hydrogen-bond donors (Lipinski definition) is 1. The second-order valence-electron chi connectivity index (χ2n) is 9.80. The van der Waals surface area contributed by atoms with Crippen molar-refractivity contribution in [3.8, 4) is 17.1 Å². The molecule has 1 N–H and O–H groups in total. The van der Waals surface area contributed by atoms with Gasteiger partial charge in [0.25, 0.3) is 17.2 Å². The Bertz CT molecular complexity index is 2150. The largest absolute Gasteiger partial charge is 0.497 e. The normalized spacial score (nSPS) is 14.6. The zero-order valence-electron chi connectivity index (χ0n) is 23.3. The lowest BCUT2D eigenvalue weighted by molar-refractivity contribution is -0.384. The first-order valence-corrected chi connectivity index (χ1v) is 14.9. The molecule has 0 radical (unpaired) electrons. The van der Waals surface area contributed by atoms with Crippen LogP contribution >= 0.6 is 27.3 Å². The smallest absolute Gasteiger partial charge is 0.271 e. The minimum atomic E-state index is -0.768. The minimum absolute atomic E-state index is 0.0498. The number of furan rings is 1. The number of anilines is 1. The third kappa shape index (κ3) is 5.52. The highest BCUT2D eigenvalue weighted by atomic mass is 79.9. The van der Waals surface area contributed by atoms with Crippen molar-refractivity contribution in [3.05, 3.63) is 142 Å². The molecule has 0 saturated carbocycles. The van der Waals surface area contributed by atoms with E-state index < -0.39 is 11.0 Å². The van der Waals surface area contributed by atoms with Gasteiger partial charge in [-0.15, -0.1) is 0 Å². The summed E-state index contributed by atoms with van der Waals surface area (Å²) in [6.07, 6.45) is 1.62. The predicted octanol–water partition coefficient (Wildman–Crippen LogP) is 5.81. The highest BCUT2D eigenvalue weighted by molar-refractivity contribution is 9.10. The Morgan fingerprint density at radius 3 is 2.64 bits per heavy atom. The number of aromatic nitrogens is 1. The van der Waals surface area contributed by atoms with Crippen LogP contribution in [0, 0.1) is 10.1 Å². The van der Waals surface area contributed by atoms with Crippen molar-refractivity contribution >= 4 is 50.6 Å². The number of benzene rings is 3. The number of methoxy groups -OCH3 is 1. The van der Waals surface area contributed by atoms with Crippen LogP contribution in [-0.4, -0.2) is 22.5 Å². The topological polar surface area (TPSA) is 129 Å². The number of ether oxygens (including phenoxy) is 1. The summed E-state index contributed by atoms with van der Waals surface area (Å²) >= 11 is 4.56. The first kappa shape index (κ1) is 29.0. The number of thiazole rings is 1. The Morgan fingerprint density at radius 1 is 1.11 bits per heavy atom. The van der Waals surface area contributed by atoms with Crippen LogP contribution in [0.2, 0.25) is 0 Å². The molecule has 10 nitrogen and oxygen atoms in total. The van der Waals surface area contributed by atoms with Gasteiger partial charge >= 0.3 is 0 Å². The van der Waals surface area contributed by atoms with E-state index in [0.29, 0.717) is 59.2 Å². The van der Waals surface area contributed by atoms with Crippen LogP contribution in [0.4, 0.5) is 11.4 Å². The average molecular weight is 672 g/mol. The first-order chi connectivity index (χ1) is 21.2. The Balaban J connectivity index is 1.44. The lowest BCUT2D eigenvalue weighted by Gasteiger charge is -2.25. The number of hydrogen-bond acceptors (Lipinski definition) is 8. The molecule has 3 aromatic carbocycles. The van der Waals surface area contributed by atoms with Gasteiger partial charge < -0.3 is 14.5 Å². The molecular weight excluding hydrogens is 648 g/mol. The highest BCUT2D eigenvalue weighted by Gasteiger charge is 2.33. The number of allylic oxidation sites excluding steroid dienone is 1. The fourth-order valence-corrected chi connectivity index (χ4v) is 6.57. The third-order valence-corrected chi connectivity index (χ3v) is 8.68. The molecule has 0 fully saturated rings. The summed E-state index contributed by atoms with van der Waals surface area (Å²) in [6.45, 7) is 1.75. The summed E-state index contributed by atoms with van der Waals surface area (Å²) in [5, 5.41) is 14.1. The molecule has 1 amide bonds. The van der Waals surface area contributed by atoms with Crippen LogP contribution in [-0.2, 0) is 4.79 Å². The number of carbonyl (C=O) groups is 1. The molecule has 0 saturated heterocycles. The van der Waals surface area contributed by atoms with Gasteiger partial charge in [0.1, 0.15) is 17.3 Å². The molecule has 1 aliphatic rings. The Labute approximate surface area is 262 Å². The standard InChI is InChI=1S/C32H23BrN4O6S/c1-18-28(30(38)35-20-8-4-3-5-9-20)29(19-7-6-10-22(15-19)42-2)36-31(39)27(44-32(36)34-18)17-23-12-14-26(43-23)24-13-11-21(37(40)41)16-25(24)33/h3-17,29H,1-2H3,(H,35,38)/b27-17-. The lowest BCUT2D eigenvalue weighted by Crippen LogP contribution is -2.40. The Morgan fingerprint density at radius 2 is 1.91 bits per heavy atom. The molecule has 220 valence electrons. The number of nitrogens with zero attached hydrogens (tertiary/aromatic N) is 3. The van der Waals surface area contributed by atoms with Crippen molar-refractivity contribution in [2.45, 2.75) is 13.0 Å². The van der Waals surface area contributed by atoms with E-state index >= 15 is 0 Å². The van der Waals surface area contributed by atoms with Crippen LogP contribution in [0.1, 0.15) is 24.3 Å². The first-order valence-electron chi connectivity index (χ1n) is 13.3. The lowest BCUT2D eigenvalue weighted by atomic mass is 9.95. The van der Waals surface area contributed by atoms with Gasteiger partial charge in [-0.1, -0.05) is 41.7 Å². The van der Waals surface area contributed by atoms with Crippen molar-refractivity contribution in [2.75, 3.05) is 12.4 Å². The maximum absolute atomic E-state index is 14.0. The van der Waals surface area contributed by atoms with Gasteiger partial charge in [-0.2, -0.15) is 0 Å². The average Bonchev–Trinajstić information content (AvgIpc) is 3.60. The summed E-state index contributed by atoms with van der Waals surface area (Å²) in [5.74, 6) is 1.09. The molecule has 12 heteroatoms. The van der Waals surface area contributed by atoms with E-state index in [9.17, 15) is 19.7 Å². The molecule has 1 atom stereocenters. The number of fused-ring (bicyclic) bond motifs is 1. The minimum Gasteiger partial charge on any atom is -0.497 e. The number of amides is 1. The van der Waals surface area contributed by atoms with E-state index in [1.807, 2.05) is 30.3 Å². The zero-order chi connectivity index (χ0) is 31.0. The zero-order valence-corrected chi connectivity index (χ0v) is 25.7. The van der Waals surface area contributed by atoms with Crippen LogP contribution < -0.4 is 24.9 Å². The quantitative estimate of drug-likeness (QED) is 0.172. The molecular formula is C32H23BrN4O6S. The SMILES string of the molecule is COc1cccc(C2C(C(=O)Nc3ccccc3)=C(C)N=c3s/c(=C\c4ccc(-c5ccc([N+](=O)[O-])cc5Br)o4)c(=O)n32)c1. The van der Waals surface area contributed by atoms with E-state index in [4.69, 9.17) is 9.15 Å². The molecule has 0 aliphatic carbocycles. The van der Waals surface area contributed by atoms with Crippen molar-refractivity contribution in [1.29, 1.82) is 0 Å². The number of para-hydroxylation sites is 1. The number of rotatable bonds is 7. The summed E-state index contributed by atoms with van der Waals surface area (Å²) < 4.78 is 13.8. The van der Waals surface area contributed by atoms with Crippen molar-refractivity contribution in [1.82, 2.24) is 4.57 Å². The fourth-order valence-electron chi connectivity index (χ4n) is 4.98. The maximum Gasteiger partial charge on any atom is 0.271 e. The van der Waals surface area contributed by atoms with Crippen molar-refractivity contribution < 1.29 is 18.9 Å². The van der Waals surface area contributed by atoms with E-state index in [0.717, 1.165) is 0 Å². The summed E-state index contributed by atoms with van der Waals surface area (Å²) in [6, 6.07) is 23.4. The van der Waals surface area contributed by atoms with Crippen molar-refractivity contribution in [3.63, 3.8) is 0 Å². The highest BCUT2D eigenvalue weighted by Crippen LogP contribution is 2.34. The third-order valence-electron chi connectivity index (χ3n) is 7.04. The maximum atomic E-state index is 14.0. The summed E-state index contributed by atoms with van der Waals surface area (Å²) in [4.78, 5) is 43.5. The molecule has 5 aromatic rings. The van der Waals surface area contributed by atoms with Crippen molar-refractivity contribution in [2.24, 2.45) is 4.99 Å². The monoisotopic (exact) mass is 670 g/mol. The van der Waals surface area contributed by atoms with Gasteiger partial charge in [-0.05, 0) is 70.9 Å². The van der Waals surface area contributed by atoms with E-state index in [-0.39, 0.29) is 17.2 Å². The second kappa shape index (κ2) is 11.9. The van der Waals surface area contributed by atoms with Gasteiger partial charge in [0, 0.05) is 33.9 Å². The molecule has 1 unspecified atom stereocenters. The number of carbonyl (C=O) groups excluding carboxylic acids is 1. The van der Waals surface area contributed by atoms with Gasteiger partial charge in [0.2, 0.25) is 0 Å². The molecule has 2 aromatic heterocycles. The van der Waals surface area contributed by atoms with Gasteiger partial charge in [0.05, 0.1) is 33.9 Å². The Kier molecular flexibility index (Phi) is 7.85. The number of non-ortho nitro benzene ring substituents is 1. The van der Waals surface area contributed by atoms with Gasteiger partial charge in [-0.3, -0.25) is 24.3 Å². The van der Waals surface area contributed by atoms with Gasteiger partial charge in [0.15, 0.2) is 4.80 Å². The second-order valence-corrected chi connectivity index (χ2v) is 11.7. The molecule has 1 aliphatic heterocycles. The van der Waals surface area contributed by atoms with Gasteiger partial charge in [-0.25, -0.2) is 4.99 Å². The van der Waals surface area contributed by atoms with Crippen LogP contribution in [0.15, 0.2) is 115 Å². The predicted molar refractivity (Wildman–Crippen MR) is 170 cm³/mol. The van der Waals surface area contributed by atoms with Crippen LogP contribution in [0.5, 0.6) is 5.75 Å². The fraction of sp³-hybridized carbons (Fsp3) is 0.0938. The number of nitro benzene ring substituents is 1.